The first-order chi connectivity index (χ1) is 7.70. The van der Waals surface area contributed by atoms with E-state index in [0.717, 1.165) is 19.3 Å². The molecule has 2 aliphatic carbocycles. The minimum atomic E-state index is -0.588. The number of carboxylic acid groups (broad SMARTS) is 1. The van der Waals surface area contributed by atoms with Gasteiger partial charge in [0.2, 0.25) is 0 Å². The molecule has 0 saturated heterocycles. The van der Waals surface area contributed by atoms with Gasteiger partial charge < -0.3 is 5.11 Å². The molecule has 0 radical (unpaired) electrons. The Morgan fingerprint density at radius 3 is 2.25 bits per heavy atom. The van der Waals surface area contributed by atoms with Gasteiger partial charge in [-0.25, -0.2) is 0 Å². The van der Waals surface area contributed by atoms with Crippen LogP contribution in [-0.2, 0) is 4.79 Å². The van der Waals surface area contributed by atoms with Crippen LogP contribution in [0, 0.1) is 5.92 Å². The van der Waals surface area contributed by atoms with E-state index in [-0.39, 0.29) is 12.0 Å². The molecule has 0 aromatic rings. The van der Waals surface area contributed by atoms with Gasteiger partial charge in [0.05, 0.1) is 5.92 Å². The summed E-state index contributed by atoms with van der Waals surface area (Å²) in [4.78, 5) is 13.6. The van der Waals surface area contributed by atoms with Crippen LogP contribution in [0.15, 0.2) is 0 Å². The first-order valence-corrected chi connectivity index (χ1v) is 6.65. The van der Waals surface area contributed by atoms with Gasteiger partial charge in [0.25, 0.3) is 0 Å². The third-order valence-electron chi connectivity index (χ3n) is 4.47. The molecule has 0 unspecified atom stereocenters. The molecule has 0 heterocycles. The highest BCUT2D eigenvalue weighted by Crippen LogP contribution is 2.32. The summed E-state index contributed by atoms with van der Waals surface area (Å²) in [6.45, 7) is 0. The number of carboxylic acids is 1. The summed E-state index contributed by atoms with van der Waals surface area (Å²) < 4.78 is 0. The van der Waals surface area contributed by atoms with Crippen LogP contribution in [0.1, 0.15) is 51.4 Å². The van der Waals surface area contributed by atoms with Crippen LogP contribution in [0.25, 0.3) is 0 Å². The minimum Gasteiger partial charge on any atom is -0.481 e. The molecule has 0 bridgehead atoms. The van der Waals surface area contributed by atoms with Gasteiger partial charge in [0.15, 0.2) is 0 Å². The van der Waals surface area contributed by atoms with Gasteiger partial charge in [-0.1, -0.05) is 25.7 Å². The topological polar surface area (TPSA) is 40.5 Å². The van der Waals surface area contributed by atoms with Gasteiger partial charge in [-0.2, -0.15) is 0 Å². The lowest BCUT2D eigenvalue weighted by Crippen LogP contribution is -2.47. The summed E-state index contributed by atoms with van der Waals surface area (Å²) >= 11 is 0. The molecule has 2 saturated carbocycles. The fourth-order valence-corrected chi connectivity index (χ4v) is 3.47. The van der Waals surface area contributed by atoms with Crippen molar-refractivity contribution >= 4 is 5.97 Å². The summed E-state index contributed by atoms with van der Waals surface area (Å²) in [7, 11) is 2.14. The van der Waals surface area contributed by atoms with E-state index < -0.39 is 5.97 Å². The lowest BCUT2D eigenvalue weighted by Gasteiger charge is -2.39. The Balaban J connectivity index is 2.01. The minimum absolute atomic E-state index is 0.126. The second-order valence-electron chi connectivity index (χ2n) is 5.40. The van der Waals surface area contributed by atoms with Crippen LogP contribution in [0.5, 0.6) is 0 Å². The molecule has 0 aromatic heterocycles. The van der Waals surface area contributed by atoms with Crippen LogP contribution in [0.4, 0.5) is 0 Å². The van der Waals surface area contributed by atoms with E-state index in [1.54, 1.807) is 0 Å². The van der Waals surface area contributed by atoms with E-state index in [1.807, 2.05) is 0 Å². The molecule has 3 heteroatoms. The smallest absolute Gasteiger partial charge is 0.308 e. The van der Waals surface area contributed by atoms with Gasteiger partial charge in [-0.3, -0.25) is 9.69 Å². The number of hydrogen-bond donors (Lipinski definition) is 1. The number of aliphatic carboxylic acids is 1. The predicted octanol–water partition coefficient (Wildman–Crippen LogP) is 2.50. The van der Waals surface area contributed by atoms with Crippen molar-refractivity contribution in [3.63, 3.8) is 0 Å². The van der Waals surface area contributed by atoms with Crippen LogP contribution in [-0.4, -0.2) is 35.1 Å². The zero-order valence-corrected chi connectivity index (χ0v) is 10.2. The van der Waals surface area contributed by atoms with E-state index in [0.29, 0.717) is 6.04 Å². The van der Waals surface area contributed by atoms with Gasteiger partial charge in [0, 0.05) is 12.1 Å². The fourth-order valence-electron chi connectivity index (χ4n) is 3.47. The van der Waals surface area contributed by atoms with Gasteiger partial charge in [-0.05, 0) is 32.7 Å². The van der Waals surface area contributed by atoms with E-state index >= 15 is 0 Å². The lowest BCUT2D eigenvalue weighted by atomic mass is 9.83. The molecule has 92 valence electrons. The molecule has 0 spiro atoms. The molecule has 2 aliphatic rings. The van der Waals surface area contributed by atoms with E-state index in [4.69, 9.17) is 0 Å². The van der Waals surface area contributed by atoms with Crippen molar-refractivity contribution < 1.29 is 9.90 Å². The second-order valence-corrected chi connectivity index (χ2v) is 5.40. The Hall–Kier alpha value is -0.570. The number of rotatable bonds is 3. The highest BCUT2D eigenvalue weighted by atomic mass is 16.4. The Bertz CT molecular complexity index is 248. The summed E-state index contributed by atoms with van der Waals surface area (Å²) in [5, 5.41) is 9.27. The second kappa shape index (κ2) is 5.17. The Morgan fingerprint density at radius 1 is 1.06 bits per heavy atom. The quantitative estimate of drug-likeness (QED) is 0.802. The maximum atomic E-state index is 11.3. The van der Waals surface area contributed by atoms with E-state index in [2.05, 4.69) is 11.9 Å². The number of hydrogen-bond acceptors (Lipinski definition) is 2. The van der Waals surface area contributed by atoms with Crippen molar-refractivity contribution in [2.75, 3.05) is 7.05 Å². The molecule has 0 aromatic carbocycles. The zero-order valence-electron chi connectivity index (χ0n) is 10.2. The fraction of sp³-hybridized carbons (Fsp3) is 0.923. The normalized spacial score (nSPS) is 32.1. The highest BCUT2D eigenvalue weighted by molar-refractivity contribution is 5.71. The van der Waals surface area contributed by atoms with Crippen molar-refractivity contribution in [1.82, 2.24) is 4.90 Å². The predicted molar refractivity (Wildman–Crippen MR) is 63.4 cm³/mol. The molecule has 0 aliphatic heterocycles. The summed E-state index contributed by atoms with van der Waals surface area (Å²) in [6.07, 6.45) is 9.40. The molecule has 1 N–H and O–H groups in total. The molecule has 2 atom stereocenters. The molecule has 0 amide bonds. The number of carbonyl (C=O) groups is 1. The van der Waals surface area contributed by atoms with Crippen LogP contribution < -0.4 is 0 Å². The van der Waals surface area contributed by atoms with Crippen molar-refractivity contribution in [2.45, 2.75) is 63.5 Å². The van der Waals surface area contributed by atoms with E-state index in [9.17, 15) is 9.90 Å². The summed E-state index contributed by atoms with van der Waals surface area (Å²) in [5.41, 5.74) is 0. The molecule has 16 heavy (non-hydrogen) atoms. The van der Waals surface area contributed by atoms with Crippen molar-refractivity contribution in [1.29, 1.82) is 0 Å². The van der Waals surface area contributed by atoms with Crippen LogP contribution >= 0.6 is 0 Å². The van der Waals surface area contributed by atoms with Crippen LogP contribution in [0.3, 0.4) is 0 Å². The molecule has 3 nitrogen and oxygen atoms in total. The van der Waals surface area contributed by atoms with Crippen LogP contribution in [0.2, 0.25) is 0 Å². The molecule has 2 fully saturated rings. The third kappa shape index (κ3) is 2.40. The largest absolute Gasteiger partial charge is 0.481 e. The summed E-state index contributed by atoms with van der Waals surface area (Å²) in [6, 6.07) is 0.930. The average molecular weight is 225 g/mol. The van der Waals surface area contributed by atoms with Crippen molar-refractivity contribution in [2.24, 2.45) is 5.92 Å². The lowest BCUT2D eigenvalue weighted by molar-refractivity contribution is -0.145. The third-order valence-corrected chi connectivity index (χ3v) is 4.47. The Labute approximate surface area is 97.8 Å². The van der Waals surface area contributed by atoms with Gasteiger partial charge in [-0.15, -0.1) is 0 Å². The maximum Gasteiger partial charge on any atom is 0.308 e. The zero-order chi connectivity index (χ0) is 11.5. The SMILES string of the molecule is CN(C1CCCC1)[C@H]1CCCC[C@@H]1C(=O)O. The van der Waals surface area contributed by atoms with Gasteiger partial charge >= 0.3 is 5.97 Å². The van der Waals surface area contributed by atoms with Crippen molar-refractivity contribution in [3.8, 4) is 0 Å². The first-order valence-electron chi connectivity index (χ1n) is 6.65. The molecular formula is C13H23NO2. The highest BCUT2D eigenvalue weighted by Gasteiger charge is 2.36. The van der Waals surface area contributed by atoms with Crippen molar-refractivity contribution in [3.05, 3.63) is 0 Å². The standard InChI is InChI=1S/C13H23NO2/c1-14(10-6-2-3-7-10)12-9-5-4-8-11(12)13(15)16/h10-12H,2-9H2,1H3,(H,15,16)/t11-,12-/m0/s1. The molecule has 2 rings (SSSR count). The number of nitrogens with zero attached hydrogens (tertiary/aromatic N) is 1. The van der Waals surface area contributed by atoms with Gasteiger partial charge in [0.1, 0.15) is 0 Å². The summed E-state index contributed by atoms with van der Waals surface area (Å²) in [5.74, 6) is -0.714. The average Bonchev–Trinajstić information content (AvgIpc) is 2.81. The Kier molecular flexibility index (Phi) is 3.85. The first kappa shape index (κ1) is 11.9. The Morgan fingerprint density at radius 2 is 1.62 bits per heavy atom. The maximum absolute atomic E-state index is 11.3. The van der Waals surface area contributed by atoms with E-state index in [1.165, 1.54) is 32.1 Å². The monoisotopic (exact) mass is 225 g/mol. The molecular weight excluding hydrogens is 202 g/mol.